The van der Waals surface area contributed by atoms with Crippen molar-refractivity contribution in [2.24, 2.45) is 0 Å². The van der Waals surface area contributed by atoms with Crippen LogP contribution in [-0.4, -0.2) is 24.0 Å². The van der Waals surface area contributed by atoms with E-state index in [1.54, 1.807) is 36.5 Å². The van der Waals surface area contributed by atoms with E-state index in [9.17, 15) is 9.59 Å². The van der Waals surface area contributed by atoms with Crippen LogP contribution in [0.15, 0.2) is 54.9 Å². The van der Waals surface area contributed by atoms with Gasteiger partial charge in [0.1, 0.15) is 0 Å². The number of hydrogen-bond acceptors (Lipinski definition) is 5. The normalized spacial score (nSPS) is 10.3. The Morgan fingerprint density at radius 1 is 0.966 bits per heavy atom. The molecule has 0 saturated carbocycles. The highest BCUT2D eigenvalue weighted by atomic mass is 16.5. The van der Waals surface area contributed by atoms with Crippen LogP contribution in [0.5, 0.6) is 0 Å². The number of nitrogens with one attached hydrogen (secondary N) is 2. The number of anilines is 3. The number of ether oxygens (including phenoxy) is 1. The maximum Gasteiger partial charge on any atom is 0.339 e. The first-order chi connectivity index (χ1) is 13.9. The molecule has 1 heterocycles. The summed E-state index contributed by atoms with van der Waals surface area (Å²) in [7, 11) is 1.30. The number of aryl methyl sites for hydroxylation is 3. The Hall–Kier alpha value is -3.67. The fourth-order valence-electron chi connectivity index (χ4n) is 3.23. The first kappa shape index (κ1) is 20.1. The van der Waals surface area contributed by atoms with Gasteiger partial charge in [-0.2, -0.15) is 0 Å². The third kappa shape index (κ3) is 4.60. The molecule has 1 aromatic heterocycles. The molecule has 0 spiro atoms. The van der Waals surface area contributed by atoms with Crippen molar-refractivity contribution in [2.45, 2.75) is 20.8 Å². The van der Waals surface area contributed by atoms with Gasteiger partial charge >= 0.3 is 5.97 Å². The van der Waals surface area contributed by atoms with Gasteiger partial charge in [-0.25, -0.2) is 4.79 Å². The lowest BCUT2D eigenvalue weighted by Crippen LogP contribution is -2.15. The maximum atomic E-state index is 12.7. The van der Waals surface area contributed by atoms with E-state index in [2.05, 4.69) is 34.7 Å². The van der Waals surface area contributed by atoms with E-state index in [0.29, 0.717) is 16.9 Å². The van der Waals surface area contributed by atoms with Crippen molar-refractivity contribution in [3.63, 3.8) is 0 Å². The summed E-state index contributed by atoms with van der Waals surface area (Å²) in [6.07, 6.45) is 3.15. The molecule has 148 valence electrons. The largest absolute Gasteiger partial charge is 0.465 e. The van der Waals surface area contributed by atoms with Gasteiger partial charge in [0.15, 0.2) is 0 Å². The van der Waals surface area contributed by atoms with E-state index in [-0.39, 0.29) is 11.5 Å². The maximum absolute atomic E-state index is 12.7. The van der Waals surface area contributed by atoms with Gasteiger partial charge in [-0.1, -0.05) is 29.8 Å². The first-order valence-electron chi connectivity index (χ1n) is 9.17. The van der Waals surface area contributed by atoms with Crippen LogP contribution in [0, 0.1) is 20.8 Å². The molecule has 0 fully saturated rings. The van der Waals surface area contributed by atoms with Crippen LogP contribution in [0.4, 0.5) is 17.1 Å². The van der Waals surface area contributed by atoms with E-state index in [1.807, 2.05) is 13.8 Å². The average molecular weight is 389 g/mol. The molecule has 29 heavy (non-hydrogen) atoms. The van der Waals surface area contributed by atoms with Crippen molar-refractivity contribution in [1.29, 1.82) is 0 Å². The van der Waals surface area contributed by atoms with Gasteiger partial charge in [0.05, 0.1) is 35.8 Å². The zero-order valence-electron chi connectivity index (χ0n) is 16.9. The summed E-state index contributed by atoms with van der Waals surface area (Å²) in [6, 6.07) is 12.6. The smallest absolute Gasteiger partial charge is 0.339 e. The molecule has 2 aromatic carbocycles. The number of amides is 1. The summed E-state index contributed by atoms with van der Waals surface area (Å²) in [5.41, 5.74) is 6.16. The molecule has 2 N–H and O–H groups in total. The molecule has 0 aliphatic carbocycles. The second-order valence-corrected chi connectivity index (χ2v) is 6.85. The molecule has 0 atom stereocenters. The second-order valence-electron chi connectivity index (χ2n) is 6.85. The third-order valence-corrected chi connectivity index (χ3v) is 4.53. The van der Waals surface area contributed by atoms with Crippen molar-refractivity contribution in [1.82, 2.24) is 4.98 Å². The van der Waals surface area contributed by atoms with Crippen LogP contribution in [0.25, 0.3) is 0 Å². The van der Waals surface area contributed by atoms with Gasteiger partial charge in [0.2, 0.25) is 0 Å². The summed E-state index contributed by atoms with van der Waals surface area (Å²) in [6.45, 7) is 6.13. The van der Waals surface area contributed by atoms with E-state index in [4.69, 9.17) is 4.74 Å². The summed E-state index contributed by atoms with van der Waals surface area (Å²) in [5.74, 6) is -0.880. The minimum atomic E-state index is -0.514. The van der Waals surface area contributed by atoms with E-state index in [1.165, 1.54) is 18.9 Å². The molecule has 6 heteroatoms. The molecule has 1 amide bonds. The van der Waals surface area contributed by atoms with Crippen molar-refractivity contribution in [2.75, 3.05) is 17.7 Å². The predicted octanol–water partition coefficient (Wildman–Crippen LogP) is 4.79. The van der Waals surface area contributed by atoms with Crippen LogP contribution < -0.4 is 10.6 Å². The summed E-state index contributed by atoms with van der Waals surface area (Å²) in [4.78, 5) is 28.8. The molecule has 0 bridgehead atoms. The number of esters is 1. The predicted molar refractivity (Wildman–Crippen MR) is 114 cm³/mol. The van der Waals surface area contributed by atoms with Gasteiger partial charge < -0.3 is 15.4 Å². The van der Waals surface area contributed by atoms with Crippen molar-refractivity contribution in [3.05, 3.63) is 82.7 Å². The monoisotopic (exact) mass is 389 g/mol. The number of methoxy groups -OCH3 is 1. The van der Waals surface area contributed by atoms with E-state index < -0.39 is 5.97 Å². The lowest BCUT2D eigenvalue weighted by atomic mass is 10.0. The van der Waals surface area contributed by atoms with E-state index in [0.717, 1.165) is 16.8 Å². The summed E-state index contributed by atoms with van der Waals surface area (Å²) in [5, 5.41) is 6.10. The number of carbonyl (C=O) groups excluding carboxylic acids is 2. The highest BCUT2D eigenvalue weighted by Crippen LogP contribution is 2.26. The molecule has 6 nitrogen and oxygen atoms in total. The highest BCUT2D eigenvalue weighted by Gasteiger charge is 2.15. The topological polar surface area (TPSA) is 80.3 Å². The van der Waals surface area contributed by atoms with Crippen LogP contribution in [0.3, 0.4) is 0 Å². The standard InChI is InChI=1S/C23H23N3O3/c1-14-9-15(2)21(16(3)10-14)25-18-11-17(12-24-13-18)22(27)26-20-8-6-5-7-19(20)23(28)29-4/h5-13,25H,1-4H3,(H,26,27). The number of para-hydroxylation sites is 1. The number of carbonyl (C=O) groups is 2. The Labute approximate surface area is 169 Å². The Balaban J connectivity index is 1.84. The minimum absolute atomic E-state index is 0.288. The lowest BCUT2D eigenvalue weighted by Gasteiger charge is -2.14. The molecule has 0 radical (unpaired) electrons. The number of aromatic nitrogens is 1. The SMILES string of the molecule is COC(=O)c1ccccc1NC(=O)c1cncc(Nc2c(C)cc(C)cc2C)c1. The first-order valence-corrected chi connectivity index (χ1v) is 9.17. The lowest BCUT2D eigenvalue weighted by molar-refractivity contribution is 0.0602. The quantitative estimate of drug-likeness (QED) is 0.613. The van der Waals surface area contributed by atoms with Crippen LogP contribution in [0.2, 0.25) is 0 Å². The fourth-order valence-corrected chi connectivity index (χ4v) is 3.23. The van der Waals surface area contributed by atoms with Gasteiger partial charge in [0.25, 0.3) is 5.91 Å². The molecule has 3 aromatic rings. The Kier molecular flexibility index (Phi) is 5.93. The molecule has 0 saturated heterocycles. The Bertz CT molecular complexity index is 1050. The number of benzene rings is 2. The second kappa shape index (κ2) is 8.56. The van der Waals surface area contributed by atoms with Gasteiger partial charge in [0, 0.05) is 11.9 Å². The zero-order chi connectivity index (χ0) is 21.0. The van der Waals surface area contributed by atoms with Gasteiger partial charge in [-0.05, 0) is 50.1 Å². The zero-order valence-corrected chi connectivity index (χ0v) is 16.9. The third-order valence-electron chi connectivity index (χ3n) is 4.53. The summed E-state index contributed by atoms with van der Waals surface area (Å²) >= 11 is 0. The Morgan fingerprint density at radius 3 is 2.34 bits per heavy atom. The van der Waals surface area contributed by atoms with Crippen molar-refractivity contribution < 1.29 is 14.3 Å². The Morgan fingerprint density at radius 2 is 1.66 bits per heavy atom. The van der Waals surface area contributed by atoms with Crippen LogP contribution >= 0.6 is 0 Å². The minimum Gasteiger partial charge on any atom is -0.465 e. The molecule has 0 aliphatic rings. The van der Waals surface area contributed by atoms with Crippen molar-refractivity contribution in [3.8, 4) is 0 Å². The molecule has 0 aliphatic heterocycles. The van der Waals surface area contributed by atoms with Crippen LogP contribution in [0.1, 0.15) is 37.4 Å². The van der Waals surface area contributed by atoms with E-state index >= 15 is 0 Å². The molecular weight excluding hydrogens is 366 g/mol. The van der Waals surface area contributed by atoms with Crippen LogP contribution in [-0.2, 0) is 4.74 Å². The summed E-state index contributed by atoms with van der Waals surface area (Å²) < 4.78 is 4.77. The number of rotatable bonds is 5. The number of pyridine rings is 1. The highest BCUT2D eigenvalue weighted by molar-refractivity contribution is 6.08. The average Bonchev–Trinajstić information content (AvgIpc) is 2.70. The molecular formula is C23H23N3O3. The van der Waals surface area contributed by atoms with Gasteiger partial charge in [-0.3, -0.25) is 9.78 Å². The number of hydrogen-bond donors (Lipinski definition) is 2. The van der Waals surface area contributed by atoms with Gasteiger partial charge in [-0.15, -0.1) is 0 Å². The number of nitrogens with zero attached hydrogens (tertiary/aromatic N) is 1. The molecule has 3 rings (SSSR count). The fraction of sp³-hybridized carbons (Fsp3) is 0.174. The molecule has 0 unspecified atom stereocenters. The van der Waals surface area contributed by atoms with Crippen molar-refractivity contribution >= 4 is 28.9 Å².